The van der Waals surface area contributed by atoms with Gasteiger partial charge in [-0.25, -0.2) is 9.97 Å². The number of fused-ring (bicyclic) bond motifs is 2. The number of nitrogen functional groups attached to an aromatic ring is 1. The van der Waals surface area contributed by atoms with Crippen LogP contribution in [0, 0.1) is 0 Å². The zero-order valence-electron chi connectivity index (χ0n) is 15.7. The molecule has 0 aliphatic carbocycles. The highest BCUT2D eigenvalue weighted by Gasteiger charge is 2.12. The van der Waals surface area contributed by atoms with Crippen molar-refractivity contribution in [1.29, 1.82) is 0 Å². The molecule has 2 aliphatic heterocycles. The minimum absolute atomic E-state index is 0.278. The maximum absolute atomic E-state index is 5.81. The fourth-order valence-electron chi connectivity index (χ4n) is 2.76. The van der Waals surface area contributed by atoms with Crippen LogP contribution in [0.2, 0.25) is 10.3 Å². The molecule has 0 fully saturated rings. The SMILES string of the molecule is Clc1cc(Cl)nc(Nc2ccc3c(c2)OCCO3)n1.Nc1ccc2c(c1)OCCO2. The maximum atomic E-state index is 5.81. The highest BCUT2D eigenvalue weighted by atomic mass is 35.5. The molecule has 0 atom stereocenters. The second-order valence-corrected chi connectivity index (χ2v) is 7.00. The average Bonchev–Trinajstić information content (AvgIpc) is 2.73. The molecule has 0 bridgehead atoms. The third-order valence-corrected chi connectivity index (χ3v) is 4.42. The van der Waals surface area contributed by atoms with E-state index in [4.69, 9.17) is 47.9 Å². The van der Waals surface area contributed by atoms with Crippen molar-refractivity contribution in [2.75, 3.05) is 37.5 Å². The molecule has 8 nitrogen and oxygen atoms in total. The number of nitrogens with two attached hydrogens (primary N) is 1. The van der Waals surface area contributed by atoms with Gasteiger partial charge in [0, 0.05) is 29.6 Å². The molecule has 5 rings (SSSR count). The first-order valence-electron chi connectivity index (χ1n) is 9.09. The van der Waals surface area contributed by atoms with Crippen LogP contribution in [0.5, 0.6) is 23.0 Å². The molecule has 10 heteroatoms. The summed E-state index contributed by atoms with van der Waals surface area (Å²) in [6.07, 6.45) is 0. The van der Waals surface area contributed by atoms with E-state index in [1.165, 1.54) is 6.07 Å². The van der Waals surface area contributed by atoms with Crippen molar-refractivity contribution >= 4 is 40.5 Å². The Balaban J connectivity index is 0.000000168. The van der Waals surface area contributed by atoms with Gasteiger partial charge in [-0.05, 0) is 24.3 Å². The van der Waals surface area contributed by atoms with E-state index >= 15 is 0 Å². The molecule has 0 radical (unpaired) electrons. The molecule has 0 saturated heterocycles. The van der Waals surface area contributed by atoms with E-state index in [-0.39, 0.29) is 10.3 Å². The van der Waals surface area contributed by atoms with Crippen LogP contribution in [-0.4, -0.2) is 36.4 Å². The van der Waals surface area contributed by atoms with Crippen molar-refractivity contribution in [3.05, 3.63) is 52.8 Å². The van der Waals surface area contributed by atoms with Crippen molar-refractivity contribution < 1.29 is 18.9 Å². The summed E-state index contributed by atoms with van der Waals surface area (Å²) in [4.78, 5) is 8.06. The zero-order chi connectivity index (χ0) is 20.9. The van der Waals surface area contributed by atoms with Gasteiger partial charge in [0.25, 0.3) is 0 Å². The Morgan fingerprint density at radius 1 is 0.700 bits per heavy atom. The topological polar surface area (TPSA) is 101 Å². The Labute approximate surface area is 182 Å². The van der Waals surface area contributed by atoms with Crippen LogP contribution in [0.4, 0.5) is 17.3 Å². The molecule has 156 valence electrons. The van der Waals surface area contributed by atoms with E-state index in [0.717, 1.165) is 22.9 Å². The van der Waals surface area contributed by atoms with Crippen molar-refractivity contribution in [2.45, 2.75) is 0 Å². The summed E-state index contributed by atoms with van der Waals surface area (Å²) in [7, 11) is 0. The largest absolute Gasteiger partial charge is 0.486 e. The van der Waals surface area contributed by atoms with Crippen molar-refractivity contribution in [2.24, 2.45) is 0 Å². The van der Waals surface area contributed by atoms with E-state index < -0.39 is 0 Å². The summed E-state index contributed by atoms with van der Waals surface area (Å²) in [5.41, 5.74) is 7.02. The molecule has 0 saturated carbocycles. The van der Waals surface area contributed by atoms with Gasteiger partial charge in [0.05, 0.1) is 0 Å². The van der Waals surface area contributed by atoms with E-state index in [9.17, 15) is 0 Å². The van der Waals surface area contributed by atoms with Crippen LogP contribution < -0.4 is 30.0 Å². The fourth-order valence-corrected chi connectivity index (χ4v) is 3.18. The number of hydrogen-bond donors (Lipinski definition) is 2. The molecule has 0 amide bonds. The average molecular weight is 449 g/mol. The molecule has 2 aromatic carbocycles. The van der Waals surface area contributed by atoms with Gasteiger partial charge in [0.1, 0.15) is 36.7 Å². The number of nitrogens with zero attached hydrogens (tertiary/aromatic N) is 2. The monoisotopic (exact) mass is 448 g/mol. The van der Waals surface area contributed by atoms with Crippen LogP contribution in [0.3, 0.4) is 0 Å². The molecular weight excluding hydrogens is 431 g/mol. The van der Waals surface area contributed by atoms with Gasteiger partial charge in [-0.2, -0.15) is 0 Å². The maximum Gasteiger partial charge on any atom is 0.230 e. The van der Waals surface area contributed by atoms with Crippen LogP contribution in [0.1, 0.15) is 0 Å². The number of benzene rings is 2. The Bertz CT molecular complexity index is 1030. The standard InChI is InChI=1S/C12H9Cl2N3O2.C8H9NO2/c13-10-6-11(14)17-12(16-10)15-7-1-2-8-9(5-7)19-4-3-18-8;9-6-1-2-7-8(5-6)11-4-3-10-7/h1-2,5-6H,3-4H2,(H,15,16,17);1-2,5H,3-4,9H2. The van der Waals surface area contributed by atoms with Crippen molar-refractivity contribution in [3.8, 4) is 23.0 Å². The molecular formula is C20H18Cl2N4O4. The Kier molecular flexibility index (Phi) is 6.15. The Morgan fingerprint density at radius 2 is 1.23 bits per heavy atom. The lowest BCUT2D eigenvalue weighted by molar-refractivity contribution is 0.171. The number of nitrogens with one attached hydrogen (secondary N) is 1. The lowest BCUT2D eigenvalue weighted by Gasteiger charge is -2.19. The van der Waals surface area contributed by atoms with Gasteiger partial charge in [0.2, 0.25) is 5.95 Å². The highest BCUT2D eigenvalue weighted by molar-refractivity contribution is 6.33. The number of ether oxygens (including phenoxy) is 4. The molecule has 0 spiro atoms. The third-order valence-electron chi connectivity index (χ3n) is 4.03. The molecule has 30 heavy (non-hydrogen) atoms. The first kappa shape index (κ1) is 20.2. The number of halogens is 2. The van der Waals surface area contributed by atoms with Crippen LogP contribution in [0.15, 0.2) is 42.5 Å². The van der Waals surface area contributed by atoms with E-state index in [1.54, 1.807) is 12.1 Å². The summed E-state index contributed by atoms with van der Waals surface area (Å²) in [6, 6.07) is 12.3. The molecule has 1 aromatic heterocycles. The third kappa shape index (κ3) is 5.08. The lowest BCUT2D eigenvalue weighted by atomic mass is 10.2. The summed E-state index contributed by atoms with van der Waals surface area (Å²) in [5, 5.41) is 3.56. The summed E-state index contributed by atoms with van der Waals surface area (Å²) in [5.74, 6) is 3.27. The highest BCUT2D eigenvalue weighted by Crippen LogP contribution is 2.33. The Morgan fingerprint density at radius 3 is 1.87 bits per heavy atom. The second kappa shape index (κ2) is 9.15. The summed E-state index contributed by atoms with van der Waals surface area (Å²) < 4.78 is 21.5. The molecule has 0 unspecified atom stereocenters. The van der Waals surface area contributed by atoms with Crippen LogP contribution in [-0.2, 0) is 0 Å². The first-order chi connectivity index (χ1) is 14.6. The minimum atomic E-state index is 0.278. The molecule has 2 aliphatic rings. The number of aromatic nitrogens is 2. The van der Waals surface area contributed by atoms with Gasteiger partial charge in [-0.15, -0.1) is 0 Å². The van der Waals surface area contributed by atoms with E-state index in [0.29, 0.717) is 43.8 Å². The smallest absolute Gasteiger partial charge is 0.230 e. The molecule has 3 N–H and O–H groups in total. The molecule has 3 heterocycles. The quantitative estimate of drug-likeness (QED) is 0.440. The predicted molar refractivity (Wildman–Crippen MR) is 115 cm³/mol. The van der Waals surface area contributed by atoms with E-state index in [2.05, 4.69) is 15.3 Å². The van der Waals surface area contributed by atoms with Gasteiger partial charge in [-0.3, -0.25) is 0 Å². The number of anilines is 3. The van der Waals surface area contributed by atoms with Gasteiger partial charge >= 0.3 is 0 Å². The number of rotatable bonds is 2. The fraction of sp³-hybridized carbons (Fsp3) is 0.200. The minimum Gasteiger partial charge on any atom is -0.486 e. The van der Waals surface area contributed by atoms with E-state index in [1.807, 2.05) is 24.3 Å². The van der Waals surface area contributed by atoms with Crippen LogP contribution in [0.25, 0.3) is 0 Å². The summed E-state index contributed by atoms with van der Waals surface area (Å²) in [6.45, 7) is 2.33. The van der Waals surface area contributed by atoms with Gasteiger partial charge < -0.3 is 30.0 Å². The normalized spacial score (nSPS) is 13.7. The molecule has 3 aromatic rings. The van der Waals surface area contributed by atoms with Crippen molar-refractivity contribution in [1.82, 2.24) is 9.97 Å². The van der Waals surface area contributed by atoms with Gasteiger partial charge in [0.15, 0.2) is 23.0 Å². The van der Waals surface area contributed by atoms with Gasteiger partial charge in [-0.1, -0.05) is 23.2 Å². The first-order valence-corrected chi connectivity index (χ1v) is 9.84. The number of hydrogen-bond acceptors (Lipinski definition) is 8. The second-order valence-electron chi connectivity index (χ2n) is 6.22. The zero-order valence-corrected chi connectivity index (χ0v) is 17.2. The van der Waals surface area contributed by atoms with Crippen LogP contribution >= 0.6 is 23.2 Å². The van der Waals surface area contributed by atoms with Crippen molar-refractivity contribution in [3.63, 3.8) is 0 Å². The summed E-state index contributed by atoms with van der Waals surface area (Å²) >= 11 is 11.6. The lowest BCUT2D eigenvalue weighted by Crippen LogP contribution is -2.15. The Hall–Kier alpha value is -3.10. The predicted octanol–water partition coefficient (Wildman–Crippen LogP) is 4.34.